The monoisotopic (exact) mass is 284 g/mol. The van der Waals surface area contributed by atoms with Crippen LogP contribution in [0.2, 0.25) is 0 Å². The summed E-state index contributed by atoms with van der Waals surface area (Å²) in [7, 11) is 0. The van der Waals surface area contributed by atoms with E-state index >= 15 is 0 Å². The summed E-state index contributed by atoms with van der Waals surface area (Å²) in [6.45, 7) is 5.26. The first-order valence-corrected chi connectivity index (χ1v) is 7.37. The lowest BCUT2D eigenvalue weighted by molar-refractivity contribution is -0.128. The van der Waals surface area contributed by atoms with Crippen molar-refractivity contribution >= 4 is 5.91 Å². The molecule has 1 saturated heterocycles. The summed E-state index contributed by atoms with van der Waals surface area (Å²) in [5.41, 5.74) is 3.23. The van der Waals surface area contributed by atoms with Gasteiger partial charge in [-0.15, -0.1) is 0 Å². The van der Waals surface area contributed by atoms with E-state index in [2.05, 4.69) is 17.3 Å². The van der Waals surface area contributed by atoms with Gasteiger partial charge in [-0.2, -0.15) is 0 Å². The smallest absolute Gasteiger partial charge is 0.223 e. The molecule has 1 amide bonds. The van der Waals surface area contributed by atoms with Crippen molar-refractivity contribution in [3.63, 3.8) is 0 Å². The molecule has 110 valence electrons. The Labute approximate surface area is 124 Å². The molecule has 1 aromatic heterocycles. The number of hydrogen-bond acceptors (Lipinski definition) is 3. The van der Waals surface area contributed by atoms with Crippen molar-refractivity contribution in [1.82, 2.24) is 10.1 Å². The minimum atomic E-state index is 0.232. The van der Waals surface area contributed by atoms with Crippen LogP contribution < -0.4 is 0 Å². The molecule has 21 heavy (non-hydrogen) atoms. The fourth-order valence-electron chi connectivity index (χ4n) is 3.01. The Bertz CT molecular complexity index is 614. The Morgan fingerprint density at radius 1 is 1.29 bits per heavy atom. The number of aromatic nitrogens is 1. The minimum Gasteiger partial charge on any atom is -0.361 e. The van der Waals surface area contributed by atoms with E-state index in [1.165, 1.54) is 5.56 Å². The highest BCUT2D eigenvalue weighted by atomic mass is 16.5. The largest absolute Gasteiger partial charge is 0.361 e. The highest BCUT2D eigenvalue weighted by Gasteiger charge is 2.30. The summed E-state index contributed by atoms with van der Waals surface area (Å²) in [6, 6.07) is 10.4. The van der Waals surface area contributed by atoms with Gasteiger partial charge in [-0.25, -0.2) is 0 Å². The molecule has 1 fully saturated rings. The predicted molar refractivity (Wildman–Crippen MR) is 79.6 cm³/mol. The van der Waals surface area contributed by atoms with Gasteiger partial charge in [0.15, 0.2) is 0 Å². The van der Waals surface area contributed by atoms with Crippen LogP contribution in [0.25, 0.3) is 0 Å². The molecular weight excluding hydrogens is 264 g/mol. The normalized spacial score (nSPS) is 18.5. The van der Waals surface area contributed by atoms with E-state index < -0.39 is 0 Å². The van der Waals surface area contributed by atoms with Gasteiger partial charge >= 0.3 is 0 Å². The molecule has 2 heterocycles. The third kappa shape index (κ3) is 2.99. The molecule has 1 atom stereocenters. The minimum absolute atomic E-state index is 0.232. The van der Waals surface area contributed by atoms with Crippen LogP contribution in [0.3, 0.4) is 0 Å². The molecule has 0 spiro atoms. The number of hydrogen-bond donors (Lipinski definition) is 0. The van der Waals surface area contributed by atoms with E-state index in [0.29, 0.717) is 18.9 Å². The first-order valence-electron chi connectivity index (χ1n) is 7.37. The maximum absolute atomic E-state index is 12.2. The summed E-state index contributed by atoms with van der Waals surface area (Å²) in [6.07, 6.45) is 1.60. The van der Waals surface area contributed by atoms with Crippen molar-refractivity contribution < 1.29 is 9.32 Å². The Morgan fingerprint density at radius 2 is 2.05 bits per heavy atom. The number of rotatable bonds is 4. The number of likely N-dealkylation sites (tertiary alicyclic amines) is 1. The molecule has 0 unspecified atom stereocenters. The predicted octanol–water partition coefficient (Wildman–Crippen LogP) is 2.88. The second kappa shape index (κ2) is 5.72. The van der Waals surface area contributed by atoms with Crippen molar-refractivity contribution in [1.29, 1.82) is 0 Å². The fraction of sp³-hybridized carbons (Fsp3) is 0.412. The van der Waals surface area contributed by atoms with Crippen molar-refractivity contribution in [2.24, 2.45) is 5.92 Å². The van der Waals surface area contributed by atoms with Crippen LogP contribution in [-0.2, 0) is 17.8 Å². The topological polar surface area (TPSA) is 46.3 Å². The number of carbonyl (C=O) groups excluding carboxylic acids is 1. The summed E-state index contributed by atoms with van der Waals surface area (Å²) >= 11 is 0. The van der Waals surface area contributed by atoms with Gasteiger partial charge in [-0.1, -0.05) is 35.5 Å². The number of benzene rings is 1. The first kappa shape index (κ1) is 13.9. The number of amides is 1. The third-order valence-electron chi connectivity index (χ3n) is 4.19. The van der Waals surface area contributed by atoms with Crippen molar-refractivity contribution in [2.75, 3.05) is 6.54 Å². The Kier molecular flexibility index (Phi) is 3.78. The second-order valence-electron chi connectivity index (χ2n) is 5.84. The number of aryl methyl sites for hydroxylation is 2. The lowest BCUT2D eigenvalue weighted by Gasteiger charge is -2.16. The van der Waals surface area contributed by atoms with E-state index in [1.807, 2.05) is 36.9 Å². The summed E-state index contributed by atoms with van der Waals surface area (Å²) in [5.74, 6) is 1.45. The van der Waals surface area contributed by atoms with Gasteiger partial charge in [-0.3, -0.25) is 4.79 Å². The van der Waals surface area contributed by atoms with E-state index in [9.17, 15) is 4.79 Å². The molecule has 0 saturated carbocycles. The molecule has 4 heteroatoms. The van der Waals surface area contributed by atoms with Gasteiger partial charge in [0.25, 0.3) is 0 Å². The summed E-state index contributed by atoms with van der Waals surface area (Å²) in [5, 5.41) is 3.96. The maximum Gasteiger partial charge on any atom is 0.223 e. The van der Waals surface area contributed by atoms with Gasteiger partial charge in [0.05, 0.1) is 12.2 Å². The van der Waals surface area contributed by atoms with Gasteiger partial charge in [0.2, 0.25) is 5.91 Å². The Hall–Kier alpha value is -2.10. The molecule has 0 aliphatic carbocycles. The SMILES string of the molecule is Cc1noc(C)c1CN1C[C@H](Cc2ccccc2)CC1=O. The molecule has 3 rings (SSSR count). The van der Waals surface area contributed by atoms with Crippen LogP contribution in [0.4, 0.5) is 0 Å². The number of carbonyl (C=O) groups is 1. The zero-order valence-electron chi connectivity index (χ0n) is 12.5. The molecule has 0 bridgehead atoms. The third-order valence-corrected chi connectivity index (χ3v) is 4.19. The number of nitrogens with zero attached hydrogens (tertiary/aromatic N) is 2. The van der Waals surface area contributed by atoms with Crippen LogP contribution in [0.1, 0.15) is 29.0 Å². The van der Waals surface area contributed by atoms with Crippen LogP contribution in [0.5, 0.6) is 0 Å². The fourth-order valence-corrected chi connectivity index (χ4v) is 3.01. The van der Waals surface area contributed by atoms with Crippen LogP contribution in [0, 0.1) is 19.8 Å². The van der Waals surface area contributed by atoms with Crippen molar-refractivity contribution in [3.05, 3.63) is 52.9 Å². The van der Waals surface area contributed by atoms with Gasteiger partial charge in [0, 0.05) is 18.5 Å². The van der Waals surface area contributed by atoms with Crippen molar-refractivity contribution in [3.8, 4) is 0 Å². The lowest BCUT2D eigenvalue weighted by atomic mass is 9.99. The van der Waals surface area contributed by atoms with E-state index in [-0.39, 0.29) is 5.91 Å². The van der Waals surface area contributed by atoms with Gasteiger partial charge < -0.3 is 9.42 Å². The molecule has 1 aliphatic heterocycles. The average Bonchev–Trinajstić information content (AvgIpc) is 2.97. The molecule has 1 aromatic carbocycles. The maximum atomic E-state index is 12.2. The first-order chi connectivity index (χ1) is 10.1. The zero-order chi connectivity index (χ0) is 14.8. The summed E-state index contributed by atoms with van der Waals surface area (Å²) < 4.78 is 5.18. The molecule has 1 aliphatic rings. The van der Waals surface area contributed by atoms with E-state index in [1.54, 1.807) is 0 Å². The average molecular weight is 284 g/mol. The van der Waals surface area contributed by atoms with Gasteiger partial charge in [-0.05, 0) is 31.7 Å². The van der Waals surface area contributed by atoms with Crippen LogP contribution in [0.15, 0.2) is 34.9 Å². The lowest BCUT2D eigenvalue weighted by Crippen LogP contribution is -2.25. The highest BCUT2D eigenvalue weighted by Crippen LogP contribution is 2.25. The Morgan fingerprint density at radius 3 is 2.71 bits per heavy atom. The molecule has 2 aromatic rings. The molecule has 4 nitrogen and oxygen atoms in total. The van der Waals surface area contributed by atoms with Crippen LogP contribution >= 0.6 is 0 Å². The molecule has 0 radical (unpaired) electrons. The van der Waals surface area contributed by atoms with Gasteiger partial charge in [0.1, 0.15) is 5.76 Å². The highest BCUT2D eigenvalue weighted by molar-refractivity contribution is 5.78. The van der Waals surface area contributed by atoms with E-state index in [4.69, 9.17) is 4.52 Å². The quantitative estimate of drug-likeness (QED) is 0.867. The zero-order valence-corrected chi connectivity index (χ0v) is 12.5. The standard InChI is InChI=1S/C17H20N2O2/c1-12-16(13(2)21-18-12)11-19-10-15(9-17(19)20)8-14-6-4-3-5-7-14/h3-7,15H,8-11H2,1-2H3/t15-/m1/s1. The molecule has 0 N–H and O–H groups in total. The summed E-state index contributed by atoms with van der Waals surface area (Å²) in [4.78, 5) is 14.1. The van der Waals surface area contributed by atoms with Crippen molar-refractivity contribution in [2.45, 2.75) is 33.2 Å². The van der Waals surface area contributed by atoms with Crippen LogP contribution in [-0.4, -0.2) is 22.5 Å². The Balaban J connectivity index is 1.65. The van der Waals surface area contributed by atoms with E-state index in [0.717, 1.165) is 30.0 Å². The molecular formula is C17H20N2O2. The second-order valence-corrected chi connectivity index (χ2v) is 5.84.